The van der Waals surface area contributed by atoms with Gasteiger partial charge in [0.25, 0.3) is 0 Å². The van der Waals surface area contributed by atoms with Crippen LogP contribution in [0.1, 0.15) is 35.6 Å². The van der Waals surface area contributed by atoms with Gasteiger partial charge in [-0.1, -0.05) is 36.4 Å². The molecule has 4 aromatic rings. The first kappa shape index (κ1) is 23.0. The number of likely N-dealkylation sites (tertiary alicyclic amines) is 1. The third-order valence-corrected chi connectivity index (χ3v) is 7.25. The number of phenols is 1. The van der Waals surface area contributed by atoms with Crippen molar-refractivity contribution in [2.75, 3.05) is 26.2 Å². The van der Waals surface area contributed by atoms with Crippen LogP contribution in [0.5, 0.6) is 11.5 Å². The average Bonchev–Trinajstić information content (AvgIpc) is 3.34. The van der Waals surface area contributed by atoms with Gasteiger partial charge in [0.05, 0.1) is 6.61 Å². The molecule has 0 aliphatic carbocycles. The molecule has 0 bridgehead atoms. The maximum atomic E-state index is 14.8. The van der Waals surface area contributed by atoms with Gasteiger partial charge in [0.15, 0.2) is 11.6 Å². The molecular weight excluding hydrogens is 460 g/mol. The Kier molecular flexibility index (Phi) is 6.07. The molecule has 0 radical (unpaired) electrons. The van der Waals surface area contributed by atoms with Gasteiger partial charge in [-0.15, -0.1) is 0 Å². The molecule has 2 heterocycles. The van der Waals surface area contributed by atoms with Crippen molar-refractivity contribution in [1.82, 2.24) is 4.90 Å². The van der Waals surface area contributed by atoms with Gasteiger partial charge >= 0.3 is 0 Å². The van der Waals surface area contributed by atoms with Crippen molar-refractivity contribution in [2.24, 2.45) is 0 Å². The van der Waals surface area contributed by atoms with E-state index in [2.05, 4.69) is 4.90 Å². The first-order valence-corrected chi connectivity index (χ1v) is 12.4. The first-order valence-electron chi connectivity index (χ1n) is 12.4. The number of ether oxygens (including phenoxy) is 2. The van der Waals surface area contributed by atoms with E-state index in [9.17, 15) is 13.9 Å². The minimum absolute atomic E-state index is 0.0636. The third kappa shape index (κ3) is 4.21. The molecule has 0 amide bonds. The Bertz CT molecular complexity index is 1410. The maximum absolute atomic E-state index is 14.8. The summed E-state index contributed by atoms with van der Waals surface area (Å²) in [5, 5.41) is 11.8. The highest BCUT2D eigenvalue weighted by atomic mass is 19.2. The molecule has 2 aliphatic rings. The van der Waals surface area contributed by atoms with Crippen LogP contribution in [-0.4, -0.2) is 36.2 Å². The monoisotopic (exact) mass is 487 g/mol. The molecule has 0 saturated carbocycles. The highest BCUT2D eigenvalue weighted by Crippen LogP contribution is 2.45. The van der Waals surface area contributed by atoms with Crippen LogP contribution in [0.3, 0.4) is 0 Å². The van der Waals surface area contributed by atoms with Crippen LogP contribution >= 0.6 is 0 Å². The van der Waals surface area contributed by atoms with Crippen molar-refractivity contribution in [3.05, 3.63) is 95.1 Å². The molecule has 1 atom stereocenters. The Balaban J connectivity index is 1.38. The topological polar surface area (TPSA) is 41.9 Å². The Morgan fingerprint density at radius 2 is 1.69 bits per heavy atom. The molecule has 184 valence electrons. The maximum Gasteiger partial charge on any atom is 0.164 e. The van der Waals surface area contributed by atoms with E-state index < -0.39 is 17.7 Å². The second kappa shape index (κ2) is 9.52. The van der Waals surface area contributed by atoms with Gasteiger partial charge in [-0.05, 0) is 83.7 Å². The van der Waals surface area contributed by atoms with Crippen LogP contribution in [0.15, 0.2) is 66.7 Å². The van der Waals surface area contributed by atoms with Gasteiger partial charge in [0.1, 0.15) is 24.2 Å². The summed E-state index contributed by atoms with van der Waals surface area (Å²) in [4.78, 5) is 2.41. The lowest BCUT2D eigenvalue weighted by Gasteiger charge is -2.21. The molecule has 1 N–H and O–H groups in total. The normalized spacial score (nSPS) is 17.6. The van der Waals surface area contributed by atoms with E-state index in [1.165, 1.54) is 12.8 Å². The lowest BCUT2D eigenvalue weighted by atomic mass is 9.87. The van der Waals surface area contributed by atoms with Gasteiger partial charge in [-0.25, -0.2) is 8.78 Å². The lowest BCUT2D eigenvalue weighted by Crippen LogP contribution is -2.25. The summed E-state index contributed by atoms with van der Waals surface area (Å²) in [6.07, 6.45) is 2.00. The zero-order valence-corrected chi connectivity index (χ0v) is 19.8. The molecule has 4 nitrogen and oxygen atoms in total. The summed E-state index contributed by atoms with van der Waals surface area (Å²) >= 11 is 0. The van der Waals surface area contributed by atoms with Crippen molar-refractivity contribution < 1.29 is 23.4 Å². The summed E-state index contributed by atoms with van der Waals surface area (Å²) in [7, 11) is 0. The van der Waals surface area contributed by atoms with E-state index in [-0.39, 0.29) is 17.9 Å². The first-order chi connectivity index (χ1) is 17.6. The van der Waals surface area contributed by atoms with Gasteiger partial charge in [-0.2, -0.15) is 0 Å². The Hall–Kier alpha value is -3.48. The van der Waals surface area contributed by atoms with Crippen LogP contribution in [0.25, 0.3) is 21.9 Å². The van der Waals surface area contributed by atoms with Crippen LogP contribution < -0.4 is 4.74 Å². The molecule has 1 saturated heterocycles. The number of aromatic hydroxyl groups is 1. The summed E-state index contributed by atoms with van der Waals surface area (Å²) in [5.41, 5.74) is 3.36. The largest absolute Gasteiger partial charge is 0.508 e. The van der Waals surface area contributed by atoms with Crippen molar-refractivity contribution in [3.8, 4) is 22.6 Å². The predicted molar refractivity (Wildman–Crippen MR) is 135 cm³/mol. The molecule has 6 heteroatoms. The number of nitrogens with zero attached hydrogens (tertiary/aromatic N) is 1. The summed E-state index contributed by atoms with van der Waals surface area (Å²) in [6, 6.07) is 19.5. The summed E-state index contributed by atoms with van der Waals surface area (Å²) < 4.78 is 41.2. The smallest absolute Gasteiger partial charge is 0.164 e. The quantitative estimate of drug-likeness (QED) is 0.345. The van der Waals surface area contributed by atoms with E-state index in [4.69, 9.17) is 9.47 Å². The van der Waals surface area contributed by atoms with Gasteiger partial charge < -0.3 is 14.6 Å². The standard InChI is InChI=1S/C30H27F2NO3/c31-27-12-11-24-25-9-5-20-17-21(34)6-10-23(20)28(25)30(36-18-26(24)29(27)32)19-3-7-22(8-4-19)35-16-15-33-13-1-2-14-33/h3-12,17,30,34H,1-2,13-16,18H2. The molecule has 0 aromatic heterocycles. The summed E-state index contributed by atoms with van der Waals surface area (Å²) in [6.45, 7) is 3.76. The number of halogens is 2. The lowest BCUT2D eigenvalue weighted by molar-refractivity contribution is 0.0680. The second-order valence-corrected chi connectivity index (χ2v) is 9.48. The van der Waals surface area contributed by atoms with E-state index in [0.717, 1.165) is 58.9 Å². The van der Waals surface area contributed by atoms with Crippen molar-refractivity contribution in [1.29, 1.82) is 0 Å². The molecule has 1 unspecified atom stereocenters. The SMILES string of the molecule is Oc1ccc2c3c(ccc2c1)-c1ccc(F)c(F)c1COC3c1ccc(OCCN2CCCC2)cc1. The number of rotatable bonds is 5. The molecule has 0 spiro atoms. The fourth-order valence-electron chi connectivity index (χ4n) is 5.40. The van der Waals surface area contributed by atoms with Crippen molar-refractivity contribution in [2.45, 2.75) is 25.6 Å². The molecular formula is C30H27F2NO3. The van der Waals surface area contributed by atoms with E-state index in [1.54, 1.807) is 18.2 Å². The number of hydrogen-bond acceptors (Lipinski definition) is 4. The van der Waals surface area contributed by atoms with Crippen LogP contribution in [0.4, 0.5) is 8.78 Å². The van der Waals surface area contributed by atoms with Gasteiger partial charge in [-0.3, -0.25) is 4.90 Å². The molecule has 36 heavy (non-hydrogen) atoms. The van der Waals surface area contributed by atoms with Crippen LogP contribution in [0, 0.1) is 11.6 Å². The van der Waals surface area contributed by atoms with Gasteiger partial charge in [0.2, 0.25) is 0 Å². The molecule has 6 rings (SSSR count). The highest BCUT2D eigenvalue weighted by molar-refractivity contribution is 5.94. The zero-order chi connectivity index (χ0) is 24.6. The average molecular weight is 488 g/mol. The number of benzene rings is 4. The molecule has 1 fully saturated rings. The minimum atomic E-state index is -0.890. The Morgan fingerprint density at radius 3 is 2.50 bits per heavy atom. The fraction of sp³-hybridized carbons (Fsp3) is 0.267. The Labute approximate surface area is 208 Å². The van der Waals surface area contributed by atoms with E-state index in [0.29, 0.717) is 12.2 Å². The zero-order valence-electron chi connectivity index (χ0n) is 19.8. The highest BCUT2D eigenvalue weighted by Gasteiger charge is 2.29. The van der Waals surface area contributed by atoms with Crippen LogP contribution in [0.2, 0.25) is 0 Å². The van der Waals surface area contributed by atoms with E-state index in [1.807, 2.05) is 42.5 Å². The van der Waals surface area contributed by atoms with Crippen molar-refractivity contribution >= 4 is 10.8 Å². The minimum Gasteiger partial charge on any atom is -0.508 e. The number of hydrogen-bond donors (Lipinski definition) is 1. The Morgan fingerprint density at radius 1 is 0.917 bits per heavy atom. The summed E-state index contributed by atoms with van der Waals surface area (Å²) in [5.74, 6) is -0.825. The van der Waals surface area contributed by atoms with E-state index >= 15 is 0 Å². The van der Waals surface area contributed by atoms with Gasteiger partial charge in [0, 0.05) is 17.7 Å². The fourth-order valence-corrected chi connectivity index (χ4v) is 5.40. The third-order valence-electron chi connectivity index (χ3n) is 7.25. The second-order valence-electron chi connectivity index (χ2n) is 9.48. The number of phenolic OH excluding ortho intramolecular Hbond substituents is 1. The molecule has 2 aliphatic heterocycles. The number of fused-ring (bicyclic) bond motifs is 5. The predicted octanol–water partition coefficient (Wildman–Crippen LogP) is 6.58. The molecule has 4 aromatic carbocycles. The van der Waals surface area contributed by atoms with Crippen LogP contribution in [-0.2, 0) is 11.3 Å². The van der Waals surface area contributed by atoms with Crippen molar-refractivity contribution in [3.63, 3.8) is 0 Å².